The molecule has 2 atom stereocenters. The van der Waals surface area contributed by atoms with Gasteiger partial charge in [0, 0.05) is 6.42 Å². The number of benzene rings is 3. The molecular formula is C24H22N2O2. The second kappa shape index (κ2) is 7.69. The summed E-state index contributed by atoms with van der Waals surface area (Å²) in [5, 5.41) is 0. The minimum absolute atomic E-state index is 0.178. The van der Waals surface area contributed by atoms with E-state index in [1.165, 1.54) is 4.90 Å². The molecular weight excluding hydrogens is 348 g/mol. The second-order valence-electron chi connectivity index (χ2n) is 6.99. The van der Waals surface area contributed by atoms with Crippen LogP contribution in [0.15, 0.2) is 91.0 Å². The number of rotatable bonds is 5. The summed E-state index contributed by atoms with van der Waals surface area (Å²) in [6, 6.07) is 27.8. The summed E-state index contributed by atoms with van der Waals surface area (Å²) >= 11 is 0. The molecule has 1 heterocycles. The molecule has 0 aromatic heterocycles. The van der Waals surface area contributed by atoms with Crippen LogP contribution < -0.4 is 4.90 Å². The van der Waals surface area contributed by atoms with Crippen LogP contribution in [-0.4, -0.2) is 22.9 Å². The molecule has 140 valence electrons. The average Bonchev–Trinajstić information content (AvgIpc) is 2.99. The Balaban J connectivity index is 1.73. The number of carbonyl (C=O) groups is 2. The van der Waals surface area contributed by atoms with Crippen LogP contribution >= 0.6 is 0 Å². The standard InChI is InChI=1S/C24H22N2O2/c1-18(20-13-7-3-8-14-20)25-22(17-19-11-5-2-6-12-19)23(27)26(24(25)28)21-15-9-4-10-16-21/h2-16,18,22H,17H2,1H3. The number of para-hydroxylation sites is 1. The minimum atomic E-state index is -0.537. The fourth-order valence-electron chi connectivity index (χ4n) is 3.78. The lowest BCUT2D eigenvalue weighted by Crippen LogP contribution is -2.38. The number of carbonyl (C=O) groups excluding carboxylic acids is 2. The molecule has 0 N–H and O–H groups in total. The number of nitrogens with zero attached hydrogens (tertiary/aromatic N) is 2. The van der Waals surface area contributed by atoms with Crippen molar-refractivity contribution in [3.63, 3.8) is 0 Å². The Kier molecular flexibility index (Phi) is 4.94. The first-order chi connectivity index (χ1) is 13.7. The van der Waals surface area contributed by atoms with Gasteiger partial charge in [0.25, 0.3) is 5.91 Å². The number of urea groups is 1. The van der Waals surface area contributed by atoms with E-state index in [0.717, 1.165) is 11.1 Å². The Morgan fingerprint density at radius 1 is 0.786 bits per heavy atom. The number of hydrogen-bond acceptors (Lipinski definition) is 2. The molecule has 4 rings (SSSR count). The van der Waals surface area contributed by atoms with Crippen LogP contribution in [0.2, 0.25) is 0 Å². The van der Waals surface area contributed by atoms with Crippen molar-refractivity contribution in [2.75, 3.05) is 4.90 Å². The zero-order valence-electron chi connectivity index (χ0n) is 15.7. The predicted octanol–water partition coefficient (Wildman–Crippen LogP) is 4.83. The zero-order chi connectivity index (χ0) is 19.5. The molecule has 3 aromatic rings. The fraction of sp³-hybridized carbons (Fsp3) is 0.167. The number of anilines is 1. The maximum atomic E-state index is 13.4. The zero-order valence-corrected chi connectivity index (χ0v) is 15.7. The van der Waals surface area contributed by atoms with Gasteiger partial charge in [-0.25, -0.2) is 9.69 Å². The van der Waals surface area contributed by atoms with E-state index in [1.54, 1.807) is 17.0 Å². The lowest BCUT2D eigenvalue weighted by molar-refractivity contribution is -0.120. The molecule has 1 saturated heterocycles. The molecule has 1 fully saturated rings. The molecule has 0 bridgehead atoms. The molecule has 4 nitrogen and oxygen atoms in total. The van der Waals surface area contributed by atoms with E-state index in [4.69, 9.17) is 0 Å². The van der Waals surface area contributed by atoms with Crippen LogP contribution in [0.4, 0.5) is 10.5 Å². The number of hydrogen-bond donors (Lipinski definition) is 0. The van der Waals surface area contributed by atoms with E-state index in [0.29, 0.717) is 12.1 Å². The Hall–Kier alpha value is -3.40. The van der Waals surface area contributed by atoms with Gasteiger partial charge in [-0.05, 0) is 30.2 Å². The monoisotopic (exact) mass is 370 g/mol. The van der Waals surface area contributed by atoms with Crippen molar-refractivity contribution < 1.29 is 9.59 Å². The number of amides is 3. The van der Waals surface area contributed by atoms with E-state index < -0.39 is 6.04 Å². The van der Waals surface area contributed by atoms with Crippen molar-refractivity contribution in [3.8, 4) is 0 Å². The molecule has 4 heteroatoms. The smallest absolute Gasteiger partial charge is 0.305 e. The Morgan fingerprint density at radius 2 is 1.32 bits per heavy atom. The molecule has 3 amide bonds. The molecule has 3 aromatic carbocycles. The van der Waals surface area contributed by atoms with Crippen LogP contribution in [0.1, 0.15) is 24.1 Å². The summed E-state index contributed by atoms with van der Waals surface area (Å²) in [7, 11) is 0. The molecule has 0 aliphatic carbocycles. The lowest BCUT2D eigenvalue weighted by atomic mass is 10.0. The summed E-state index contributed by atoms with van der Waals surface area (Å²) in [4.78, 5) is 29.7. The first-order valence-electron chi connectivity index (χ1n) is 9.47. The summed E-state index contributed by atoms with van der Waals surface area (Å²) in [5.41, 5.74) is 2.66. The highest BCUT2D eigenvalue weighted by molar-refractivity contribution is 6.21. The van der Waals surface area contributed by atoms with E-state index >= 15 is 0 Å². The van der Waals surface area contributed by atoms with E-state index in [2.05, 4.69) is 0 Å². The molecule has 1 aliphatic heterocycles. The van der Waals surface area contributed by atoms with Gasteiger partial charge in [-0.2, -0.15) is 0 Å². The molecule has 28 heavy (non-hydrogen) atoms. The molecule has 2 unspecified atom stereocenters. The van der Waals surface area contributed by atoms with Gasteiger partial charge in [0.05, 0.1) is 11.7 Å². The summed E-state index contributed by atoms with van der Waals surface area (Å²) in [5.74, 6) is -0.178. The third-order valence-electron chi connectivity index (χ3n) is 5.24. The third kappa shape index (κ3) is 3.29. The van der Waals surface area contributed by atoms with Gasteiger partial charge in [-0.1, -0.05) is 78.9 Å². The van der Waals surface area contributed by atoms with Crippen molar-refractivity contribution in [2.24, 2.45) is 0 Å². The molecule has 0 radical (unpaired) electrons. The quantitative estimate of drug-likeness (QED) is 0.604. The van der Waals surface area contributed by atoms with Crippen LogP contribution in [0.5, 0.6) is 0 Å². The first-order valence-corrected chi connectivity index (χ1v) is 9.47. The number of imide groups is 1. The van der Waals surface area contributed by atoms with Crippen molar-refractivity contribution in [1.82, 2.24) is 4.90 Å². The first kappa shape index (κ1) is 18.0. The molecule has 1 aliphatic rings. The van der Waals surface area contributed by atoms with Gasteiger partial charge < -0.3 is 4.90 Å². The second-order valence-corrected chi connectivity index (χ2v) is 6.99. The van der Waals surface area contributed by atoms with Crippen molar-refractivity contribution in [3.05, 3.63) is 102 Å². The van der Waals surface area contributed by atoms with Crippen LogP contribution in [-0.2, 0) is 11.2 Å². The maximum absolute atomic E-state index is 13.4. The van der Waals surface area contributed by atoms with Gasteiger partial charge in [0.2, 0.25) is 0 Å². The fourth-order valence-corrected chi connectivity index (χ4v) is 3.78. The largest absolute Gasteiger partial charge is 0.332 e. The van der Waals surface area contributed by atoms with Gasteiger partial charge in [-0.3, -0.25) is 4.79 Å². The minimum Gasteiger partial charge on any atom is -0.305 e. The Morgan fingerprint density at radius 3 is 1.93 bits per heavy atom. The topological polar surface area (TPSA) is 40.6 Å². The van der Waals surface area contributed by atoms with E-state index in [1.807, 2.05) is 85.8 Å². The highest BCUT2D eigenvalue weighted by Crippen LogP contribution is 2.33. The Bertz CT molecular complexity index is 958. The van der Waals surface area contributed by atoms with Crippen LogP contribution in [0, 0.1) is 0 Å². The predicted molar refractivity (Wildman–Crippen MR) is 110 cm³/mol. The Labute approximate surface area is 165 Å². The van der Waals surface area contributed by atoms with Crippen LogP contribution in [0.25, 0.3) is 0 Å². The average molecular weight is 370 g/mol. The van der Waals surface area contributed by atoms with E-state index in [-0.39, 0.29) is 18.0 Å². The van der Waals surface area contributed by atoms with E-state index in [9.17, 15) is 9.59 Å². The summed E-state index contributed by atoms with van der Waals surface area (Å²) in [6.45, 7) is 1.98. The van der Waals surface area contributed by atoms with Gasteiger partial charge >= 0.3 is 6.03 Å². The summed E-state index contributed by atoms with van der Waals surface area (Å²) in [6.07, 6.45) is 0.492. The molecule has 0 spiro atoms. The SMILES string of the molecule is CC(c1ccccc1)N1C(=O)N(c2ccccc2)C(=O)C1Cc1ccccc1. The maximum Gasteiger partial charge on any atom is 0.332 e. The van der Waals surface area contributed by atoms with Gasteiger partial charge in [0.15, 0.2) is 0 Å². The highest BCUT2D eigenvalue weighted by atomic mass is 16.2. The molecule has 0 saturated carbocycles. The van der Waals surface area contributed by atoms with Crippen molar-refractivity contribution in [2.45, 2.75) is 25.4 Å². The van der Waals surface area contributed by atoms with Gasteiger partial charge in [-0.15, -0.1) is 0 Å². The van der Waals surface area contributed by atoms with Crippen LogP contribution in [0.3, 0.4) is 0 Å². The van der Waals surface area contributed by atoms with Crippen molar-refractivity contribution in [1.29, 1.82) is 0 Å². The van der Waals surface area contributed by atoms with Crippen molar-refractivity contribution >= 4 is 17.6 Å². The normalized spacial score (nSPS) is 17.8. The summed E-state index contributed by atoms with van der Waals surface area (Å²) < 4.78 is 0. The third-order valence-corrected chi connectivity index (χ3v) is 5.24. The van der Waals surface area contributed by atoms with Gasteiger partial charge in [0.1, 0.15) is 6.04 Å². The highest BCUT2D eigenvalue weighted by Gasteiger charge is 2.47. The lowest BCUT2D eigenvalue weighted by Gasteiger charge is -2.29.